The molecule has 1 aliphatic rings. The van der Waals surface area contributed by atoms with Gasteiger partial charge < -0.3 is 5.11 Å². The molecule has 1 amide bonds. The van der Waals surface area contributed by atoms with E-state index in [-0.39, 0.29) is 11.4 Å². The molecule has 0 radical (unpaired) electrons. The third-order valence-electron chi connectivity index (χ3n) is 4.60. The van der Waals surface area contributed by atoms with Crippen molar-refractivity contribution in [2.75, 3.05) is 11.4 Å². The van der Waals surface area contributed by atoms with Gasteiger partial charge >= 0.3 is 6.18 Å². The molecule has 28 heavy (non-hydrogen) atoms. The van der Waals surface area contributed by atoms with Crippen molar-refractivity contribution in [2.45, 2.75) is 18.3 Å². The standard InChI is InChI=1S/C18H14F3N5O2/c19-18(20,21)17(28)9-26(15-14(17)2-1-7-23-15)16(27)13-5-3-12(4-6-13)8-25-11-22-10-24-25/h1-7,10-11,28H,8-9H2. The summed E-state index contributed by atoms with van der Waals surface area (Å²) >= 11 is 0. The van der Waals surface area contributed by atoms with Crippen molar-refractivity contribution in [1.29, 1.82) is 0 Å². The highest BCUT2D eigenvalue weighted by atomic mass is 19.4. The molecule has 3 aromatic rings. The molecule has 4 rings (SSSR count). The number of nitrogens with zero attached hydrogens (tertiary/aromatic N) is 5. The summed E-state index contributed by atoms with van der Waals surface area (Å²) < 4.78 is 42.0. The molecule has 0 spiro atoms. The van der Waals surface area contributed by atoms with Gasteiger partial charge in [0.1, 0.15) is 18.5 Å². The highest BCUT2D eigenvalue weighted by Crippen LogP contribution is 2.47. The van der Waals surface area contributed by atoms with E-state index in [1.54, 1.807) is 23.1 Å². The maximum Gasteiger partial charge on any atom is 0.423 e. The van der Waals surface area contributed by atoms with Gasteiger partial charge in [-0.1, -0.05) is 18.2 Å². The van der Waals surface area contributed by atoms with E-state index in [2.05, 4.69) is 15.1 Å². The zero-order chi connectivity index (χ0) is 19.9. The highest BCUT2D eigenvalue weighted by Gasteiger charge is 2.61. The summed E-state index contributed by atoms with van der Waals surface area (Å²) in [6, 6.07) is 8.82. The summed E-state index contributed by atoms with van der Waals surface area (Å²) in [7, 11) is 0. The lowest BCUT2D eigenvalue weighted by Gasteiger charge is -2.26. The first kappa shape index (κ1) is 18.1. The number of pyridine rings is 1. The minimum absolute atomic E-state index is 0.186. The van der Waals surface area contributed by atoms with Crippen LogP contribution >= 0.6 is 0 Å². The van der Waals surface area contributed by atoms with Gasteiger partial charge in [-0.15, -0.1) is 0 Å². The van der Waals surface area contributed by atoms with E-state index in [0.29, 0.717) is 6.54 Å². The molecule has 0 bridgehead atoms. The fourth-order valence-electron chi connectivity index (χ4n) is 3.14. The predicted octanol–water partition coefficient (Wildman–Crippen LogP) is 2.13. The number of aliphatic hydroxyl groups is 1. The Bertz CT molecular complexity index is 1000. The number of hydrogen-bond acceptors (Lipinski definition) is 5. The Morgan fingerprint density at radius 2 is 1.96 bits per heavy atom. The van der Waals surface area contributed by atoms with E-state index < -0.39 is 29.8 Å². The van der Waals surface area contributed by atoms with Crippen LogP contribution in [-0.2, 0) is 12.1 Å². The fourth-order valence-corrected chi connectivity index (χ4v) is 3.14. The molecule has 0 fully saturated rings. The van der Waals surface area contributed by atoms with Gasteiger partial charge in [-0.2, -0.15) is 18.3 Å². The number of hydrogen-bond donors (Lipinski definition) is 1. The van der Waals surface area contributed by atoms with Gasteiger partial charge in [0.25, 0.3) is 5.91 Å². The number of carbonyl (C=O) groups is 1. The van der Waals surface area contributed by atoms with Crippen LogP contribution < -0.4 is 4.90 Å². The van der Waals surface area contributed by atoms with Gasteiger partial charge in [-0.3, -0.25) is 9.69 Å². The molecule has 1 N–H and O–H groups in total. The van der Waals surface area contributed by atoms with Crippen LogP contribution in [0.1, 0.15) is 21.5 Å². The van der Waals surface area contributed by atoms with E-state index >= 15 is 0 Å². The molecule has 10 heteroatoms. The van der Waals surface area contributed by atoms with Crippen LogP contribution in [0.25, 0.3) is 0 Å². The molecular formula is C18H14F3N5O2. The van der Waals surface area contributed by atoms with Gasteiger partial charge in [0.2, 0.25) is 5.60 Å². The second kappa shape index (κ2) is 6.41. The van der Waals surface area contributed by atoms with Gasteiger partial charge in [0, 0.05) is 17.3 Å². The van der Waals surface area contributed by atoms with E-state index in [1.807, 2.05) is 0 Å². The summed E-state index contributed by atoms with van der Waals surface area (Å²) in [6.07, 6.45) is -0.717. The first-order valence-corrected chi connectivity index (χ1v) is 8.27. The quantitative estimate of drug-likeness (QED) is 0.742. The average Bonchev–Trinajstić information content (AvgIpc) is 3.28. The lowest BCUT2D eigenvalue weighted by atomic mass is 9.97. The average molecular weight is 389 g/mol. The Labute approximate surface area is 157 Å². The third kappa shape index (κ3) is 2.91. The second-order valence-corrected chi connectivity index (χ2v) is 6.41. The van der Waals surface area contributed by atoms with Crippen molar-refractivity contribution in [1.82, 2.24) is 19.7 Å². The Balaban J connectivity index is 1.62. The van der Waals surface area contributed by atoms with Crippen LogP contribution in [-0.4, -0.2) is 43.5 Å². The molecular weight excluding hydrogens is 375 g/mol. The molecule has 1 unspecified atom stereocenters. The number of anilines is 1. The maximum absolute atomic E-state index is 13.5. The van der Waals surface area contributed by atoms with Gasteiger partial charge in [0.05, 0.1) is 13.1 Å². The molecule has 7 nitrogen and oxygen atoms in total. The molecule has 1 aliphatic heterocycles. The van der Waals surface area contributed by atoms with Crippen molar-refractivity contribution in [3.63, 3.8) is 0 Å². The van der Waals surface area contributed by atoms with Crippen molar-refractivity contribution in [3.8, 4) is 0 Å². The first-order chi connectivity index (χ1) is 13.3. The van der Waals surface area contributed by atoms with Crippen molar-refractivity contribution in [3.05, 3.63) is 71.9 Å². The second-order valence-electron chi connectivity index (χ2n) is 6.41. The molecule has 1 aromatic carbocycles. The first-order valence-electron chi connectivity index (χ1n) is 8.27. The lowest BCUT2D eigenvalue weighted by molar-refractivity contribution is -0.258. The minimum Gasteiger partial charge on any atom is -0.375 e. The number of β-amino-alcohol motifs (C(OH)–C–C–N with tert-alkyl or cyclic N) is 1. The van der Waals surface area contributed by atoms with Crippen LogP contribution in [0, 0.1) is 0 Å². The van der Waals surface area contributed by atoms with E-state index in [1.165, 1.54) is 30.7 Å². The van der Waals surface area contributed by atoms with Crippen LogP contribution in [0.3, 0.4) is 0 Å². The number of carbonyl (C=O) groups excluding carboxylic acids is 1. The predicted molar refractivity (Wildman–Crippen MR) is 91.4 cm³/mol. The molecule has 0 saturated heterocycles. The number of rotatable bonds is 3. The van der Waals surface area contributed by atoms with Gasteiger partial charge in [-0.05, 0) is 23.8 Å². The van der Waals surface area contributed by atoms with Crippen molar-refractivity contribution < 1.29 is 23.1 Å². The van der Waals surface area contributed by atoms with E-state index in [4.69, 9.17) is 0 Å². The number of benzene rings is 1. The van der Waals surface area contributed by atoms with Crippen LogP contribution in [0.2, 0.25) is 0 Å². The highest BCUT2D eigenvalue weighted by molar-refractivity contribution is 6.07. The lowest BCUT2D eigenvalue weighted by Crippen LogP contribution is -2.47. The zero-order valence-electron chi connectivity index (χ0n) is 14.3. The molecule has 0 saturated carbocycles. The smallest absolute Gasteiger partial charge is 0.375 e. The molecule has 1 atom stereocenters. The normalized spacial score (nSPS) is 18.9. The number of fused-ring (bicyclic) bond motifs is 1. The largest absolute Gasteiger partial charge is 0.423 e. The van der Waals surface area contributed by atoms with Gasteiger partial charge in [0.15, 0.2) is 0 Å². The Kier molecular flexibility index (Phi) is 4.15. The molecule has 144 valence electrons. The number of aromatic nitrogens is 4. The zero-order valence-corrected chi connectivity index (χ0v) is 14.3. The molecule has 2 aromatic heterocycles. The molecule has 3 heterocycles. The Hall–Kier alpha value is -3.27. The number of alkyl halides is 3. The van der Waals surface area contributed by atoms with Crippen LogP contribution in [0.15, 0.2) is 55.2 Å². The monoisotopic (exact) mass is 389 g/mol. The summed E-state index contributed by atoms with van der Waals surface area (Å²) in [5, 5.41) is 14.2. The maximum atomic E-state index is 13.5. The summed E-state index contributed by atoms with van der Waals surface area (Å²) in [5.74, 6) is -0.869. The number of halogens is 3. The van der Waals surface area contributed by atoms with Gasteiger partial charge in [-0.25, -0.2) is 14.6 Å². The summed E-state index contributed by atoms with van der Waals surface area (Å²) in [5.41, 5.74) is -2.56. The minimum atomic E-state index is -4.94. The third-order valence-corrected chi connectivity index (χ3v) is 4.60. The summed E-state index contributed by atoms with van der Waals surface area (Å²) in [6.45, 7) is -0.501. The van der Waals surface area contributed by atoms with Crippen molar-refractivity contribution >= 4 is 11.7 Å². The van der Waals surface area contributed by atoms with Crippen LogP contribution in [0.4, 0.5) is 19.0 Å². The van der Waals surface area contributed by atoms with E-state index in [0.717, 1.165) is 16.5 Å². The van der Waals surface area contributed by atoms with E-state index in [9.17, 15) is 23.1 Å². The Morgan fingerprint density at radius 3 is 2.61 bits per heavy atom. The van der Waals surface area contributed by atoms with Crippen LogP contribution in [0.5, 0.6) is 0 Å². The Morgan fingerprint density at radius 1 is 1.21 bits per heavy atom. The molecule has 0 aliphatic carbocycles. The fraction of sp³-hybridized carbons (Fsp3) is 0.222. The SMILES string of the molecule is O=C(c1ccc(Cn2cncn2)cc1)N1CC(O)(C(F)(F)F)c2cccnc21. The van der Waals surface area contributed by atoms with Crippen molar-refractivity contribution in [2.24, 2.45) is 0 Å². The summed E-state index contributed by atoms with van der Waals surface area (Å²) in [4.78, 5) is 21.4. The number of amides is 1. The topological polar surface area (TPSA) is 84.1 Å².